The van der Waals surface area contributed by atoms with Crippen LogP contribution in [0.4, 0.5) is 0 Å². The van der Waals surface area contributed by atoms with Gasteiger partial charge in [-0.05, 0) is 32.9 Å². The fourth-order valence-corrected chi connectivity index (χ4v) is 2.35. The second-order valence-electron chi connectivity index (χ2n) is 5.09. The molecule has 0 aromatic carbocycles. The monoisotopic (exact) mass is 301 g/mol. The highest BCUT2D eigenvalue weighted by atomic mass is 16.3. The predicted octanol–water partition coefficient (Wildman–Crippen LogP) is 2.22. The zero-order chi connectivity index (χ0) is 15.9. The Kier molecular flexibility index (Phi) is 3.32. The Labute approximate surface area is 125 Å². The molecule has 114 valence electrons. The van der Waals surface area contributed by atoms with Gasteiger partial charge in [-0.15, -0.1) is 0 Å². The van der Waals surface area contributed by atoms with Crippen molar-refractivity contribution in [3.8, 4) is 0 Å². The number of fused-ring (bicyclic) bond motifs is 1. The molecular formula is C15H15N3O4. The number of furan rings is 2. The average molecular weight is 301 g/mol. The van der Waals surface area contributed by atoms with Crippen molar-refractivity contribution in [1.29, 1.82) is 0 Å². The Morgan fingerprint density at radius 2 is 2.09 bits per heavy atom. The molecule has 0 aliphatic rings. The first kappa shape index (κ1) is 14.1. The number of nitrogens with zero attached hydrogens (tertiary/aromatic N) is 1. The van der Waals surface area contributed by atoms with Crippen LogP contribution in [0.1, 0.15) is 40.6 Å². The van der Waals surface area contributed by atoms with Crippen LogP contribution >= 0.6 is 0 Å². The van der Waals surface area contributed by atoms with Crippen LogP contribution < -0.4 is 10.9 Å². The van der Waals surface area contributed by atoms with E-state index in [9.17, 15) is 9.59 Å². The minimum Gasteiger partial charge on any atom is -0.464 e. The van der Waals surface area contributed by atoms with Crippen LogP contribution in [-0.4, -0.2) is 15.9 Å². The van der Waals surface area contributed by atoms with Gasteiger partial charge in [-0.1, -0.05) is 0 Å². The molecule has 2 N–H and O–H groups in total. The van der Waals surface area contributed by atoms with Gasteiger partial charge in [0.25, 0.3) is 11.5 Å². The van der Waals surface area contributed by atoms with Gasteiger partial charge in [0.2, 0.25) is 5.71 Å². The maximum Gasteiger partial charge on any atom is 0.262 e. The molecule has 0 radical (unpaired) electrons. The van der Waals surface area contributed by atoms with Gasteiger partial charge in [-0.2, -0.15) is 0 Å². The standard InChI is InChI=1S/C15H15N3O4/c1-7-4-5-10(21-7)8(2)18-14(20)11-9(3)22-15-12(11)13(19)16-6-17-15/h4-6,8H,1-3H3,(H,18,20)(H,16,17,19)/t8-/m1/s1. The van der Waals surface area contributed by atoms with E-state index in [-0.39, 0.29) is 22.7 Å². The van der Waals surface area contributed by atoms with Crippen LogP contribution in [0.25, 0.3) is 11.1 Å². The van der Waals surface area contributed by atoms with Gasteiger partial charge in [0.1, 0.15) is 22.7 Å². The lowest BCUT2D eigenvalue weighted by molar-refractivity contribution is 0.0935. The van der Waals surface area contributed by atoms with E-state index in [2.05, 4.69) is 15.3 Å². The van der Waals surface area contributed by atoms with Crippen LogP contribution in [0.15, 0.2) is 32.1 Å². The highest BCUT2D eigenvalue weighted by Crippen LogP contribution is 2.22. The summed E-state index contributed by atoms with van der Waals surface area (Å²) in [5.74, 6) is 1.35. The van der Waals surface area contributed by atoms with Crippen molar-refractivity contribution in [2.75, 3.05) is 0 Å². The number of nitrogens with one attached hydrogen (secondary N) is 2. The topological polar surface area (TPSA) is 101 Å². The highest BCUT2D eigenvalue weighted by Gasteiger charge is 2.23. The Morgan fingerprint density at radius 1 is 1.32 bits per heavy atom. The van der Waals surface area contributed by atoms with Gasteiger partial charge in [-0.25, -0.2) is 4.98 Å². The maximum atomic E-state index is 12.5. The van der Waals surface area contributed by atoms with Crippen molar-refractivity contribution in [3.63, 3.8) is 0 Å². The summed E-state index contributed by atoms with van der Waals surface area (Å²) >= 11 is 0. The summed E-state index contributed by atoms with van der Waals surface area (Å²) in [5, 5.41) is 2.95. The summed E-state index contributed by atoms with van der Waals surface area (Å²) in [6, 6.07) is 3.29. The molecule has 0 bridgehead atoms. The van der Waals surface area contributed by atoms with Crippen molar-refractivity contribution >= 4 is 17.0 Å². The number of hydrogen-bond donors (Lipinski definition) is 2. The summed E-state index contributed by atoms with van der Waals surface area (Å²) in [7, 11) is 0. The minimum atomic E-state index is -0.409. The van der Waals surface area contributed by atoms with E-state index in [0.29, 0.717) is 11.5 Å². The molecule has 1 amide bonds. The van der Waals surface area contributed by atoms with Gasteiger partial charge < -0.3 is 19.1 Å². The second-order valence-corrected chi connectivity index (χ2v) is 5.09. The molecule has 0 unspecified atom stereocenters. The summed E-state index contributed by atoms with van der Waals surface area (Å²) in [6.07, 6.45) is 1.24. The van der Waals surface area contributed by atoms with Crippen LogP contribution in [0, 0.1) is 13.8 Å². The van der Waals surface area contributed by atoms with Gasteiger partial charge >= 0.3 is 0 Å². The van der Waals surface area contributed by atoms with E-state index >= 15 is 0 Å². The zero-order valence-electron chi connectivity index (χ0n) is 12.4. The SMILES string of the molecule is Cc1ccc([C@@H](C)NC(=O)c2c(C)oc3nc[nH]c(=O)c23)o1. The molecule has 0 aliphatic carbocycles. The number of rotatable bonds is 3. The zero-order valence-corrected chi connectivity index (χ0v) is 12.4. The highest BCUT2D eigenvalue weighted by molar-refractivity contribution is 6.06. The number of aromatic nitrogens is 2. The van der Waals surface area contributed by atoms with Gasteiger partial charge in [0.05, 0.1) is 17.9 Å². The summed E-state index contributed by atoms with van der Waals surface area (Å²) in [4.78, 5) is 30.8. The molecule has 3 aromatic heterocycles. The van der Waals surface area contributed by atoms with Crippen molar-refractivity contribution in [1.82, 2.24) is 15.3 Å². The Morgan fingerprint density at radius 3 is 2.77 bits per heavy atom. The molecular weight excluding hydrogens is 286 g/mol. The largest absolute Gasteiger partial charge is 0.464 e. The number of aryl methyl sites for hydroxylation is 2. The number of carbonyl (C=O) groups is 1. The van der Waals surface area contributed by atoms with E-state index in [1.165, 1.54) is 6.33 Å². The molecule has 0 aliphatic heterocycles. The van der Waals surface area contributed by atoms with E-state index in [4.69, 9.17) is 8.83 Å². The van der Waals surface area contributed by atoms with Crippen molar-refractivity contribution in [2.24, 2.45) is 0 Å². The number of amides is 1. The predicted molar refractivity (Wildman–Crippen MR) is 78.7 cm³/mol. The number of aromatic amines is 1. The summed E-state index contributed by atoms with van der Waals surface area (Å²) < 4.78 is 10.9. The molecule has 0 spiro atoms. The normalized spacial score (nSPS) is 12.5. The van der Waals surface area contributed by atoms with Gasteiger partial charge in [0, 0.05) is 0 Å². The van der Waals surface area contributed by atoms with E-state index in [1.807, 2.05) is 13.0 Å². The fourth-order valence-electron chi connectivity index (χ4n) is 2.35. The lowest BCUT2D eigenvalue weighted by Gasteiger charge is -2.11. The molecule has 0 saturated heterocycles. The van der Waals surface area contributed by atoms with Crippen LogP contribution in [-0.2, 0) is 0 Å². The number of hydrogen-bond acceptors (Lipinski definition) is 5. The van der Waals surface area contributed by atoms with E-state index in [0.717, 1.165) is 5.76 Å². The minimum absolute atomic E-state index is 0.146. The Bertz CT molecular complexity index is 903. The number of carbonyl (C=O) groups excluding carboxylic acids is 1. The average Bonchev–Trinajstić information content (AvgIpc) is 3.02. The van der Waals surface area contributed by atoms with E-state index < -0.39 is 11.5 Å². The Balaban J connectivity index is 1.96. The lowest BCUT2D eigenvalue weighted by Crippen LogP contribution is -2.27. The smallest absolute Gasteiger partial charge is 0.262 e. The first-order valence-corrected chi connectivity index (χ1v) is 6.81. The van der Waals surface area contributed by atoms with E-state index in [1.54, 1.807) is 19.9 Å². The summed E-state index contributed by atoms with van der Waals surface area (Å²) in [6.45, 7) is 5.25. The molecule has 7 nitrogen and oxygen atoms in total. The van der Waals surface area contributed by atoms with Crippen molar-refractivity contribution in [3.05, 3.63) is 51.7 Å². The third-order valence-electron chi connectivity index (χ3n) is 3.43. The Hall–Kier alpha value is -2.83. The van der Waals surface area contributed by atoms with Crippen LogP contribution in [0.5, 0.6) is 0 Å². The van der Waals surface area contributed by atoms with Crippen LogP contribution in [0.2, 0.25) is 0 Å². The molecule has 0 fully saturated rings. The number of H-pyrrole nitrogens is 1. The van der Waals surface area contributed by atoms with Crippen molar-refractivity contribution in [2.45, 2.75) is 26.8 Å². The summed E-state index contributed by atoms with van der Waals surface area (Å²) in [5.41, 5.74) is -0.0686. The molecule has 22 heavy (non-hydrogen) atoms. The fraction of sp³-hybridized carbons (Fsp3) is 0.267. The first-order valence-electron chi connectivity index (χ1n) is 6.81. The van der Waals surface area contributed by atoms with Gasteiger partial charge in [0.15, 0.2) is 0 Å². The molecule has 3 heterocycles. The van der Waals surface area contributed by atoms with Gasteiger partial charge in [-0.3, -0.25) is 9.59 Å². The molecule has 0 saturated carbocycles. The molecule has 1 atom stereocenters. The third kappa shape index (κ3) is 2.30. The third-order valence-corrected chi connectivity index (χ3v) is 3.43. The first-order chi connectivity index (χ1) is 10.5. The van der Waals surface area contributed by atoms with Crippen molar-refractivity contribution < 1.29 is 13.6 Å². The molecule has 3 aromatic rings. The molecule has 3 rings (SSSR count). The quantitative estimate of drug-likeness (QED) is 0.772. The maximum absolute atomic E-state index is 12.5. The molecule has 7 heteroatoms. The lowest BCUT2D eigenvalue weighted by atomic mass is 10.1. The van der Waals surface area contributed by atoms with Crippen LogP contribution in [0.3, 0.4) is 0 Å². The second kappa shape index (κ2) is 5.18.